The Labute approximate surface area is 104 Å². The van der Waals surface area contributed by atoms with Gasteiger partial charge in [0.2, 0.25) is 5.89 Å². The van der Waals surface area contributed by atoms with Crippen LogP contribution < -0.4 is 5.32 Å². The molecule has 5 nitrogen and oxygen atoms in total. The van der Waals surface area contributed by atoms with E-state index in [4.69, 9.17) is 4.52 Å². The topological polar surface area (TPSA) is 63.8 Å². The highest BCUT2D eigenvalue weighted by Crippen LogP contribution is 2.16. The van der Waals surface area contributed by atoms with Crippen LogP contribution in [0.25, 0.3) is 0 Å². The van der Waals surface area contributed by atoms with Crippen molar-refractivity contribution >= 4 is 11.3 Å². The molecule has 0 radical (unpaired) electrons. The van der Waals surface area contributed by atoms with Gasteiger partial charge in [-0.3, -0.25) is 0 Å². The number of aromatic nitrogens is 3. The van der Waals surface area contributed by atoms with Crippen LogP contribution in [0.4, 0.5) is 0 Å². The van der Waals surface area contributed by atoms with Crippen LogP contribution in [0.15, 0.2) is 4.52 Å². The number of thiazole rings is 1. The number of nitrogens with one attached hydrogen (secondary N) is 1. The zero-order valence-electron chi connectivity index (χ0n) is 10.3. The Bertz CT molecular complexity index is 491. The summed E-state index contributed by atoms with van der Waals surface area (Å²) in [5.41, 5.74) is 1.12. The average molecular weight is 252 g/mol. The maximum atomic E-state index is 4.91. The van der Waals surface area contributed by atoms with Crippen LogP contribution in [0.1, 0.15) is 27.3 Å². The first-order chi connectivity index (χ1) is 8.15. The maximum Gasteiger partial charge on any atom is 0.223 e. The SMILES string of the molecule is Cc1nc(CCNCc2sc(C)nc2C)no1. The maximum absolute atomic E-state index is 4.91. The molecule has 2 aromatic rings. The monoisotopic (exact) mass is 252 g/mol. The van der Waals surface area contributed by atoms with E-state index in [0.29, 0.717) is 5.89 Å². The molecule has 0 aromatic carbocycles. The summed E-state index contributed by atoms with van der Waals surface area (Å²) in [5, 5.41) is 8.33. The molecule has 2 rings (SSSR count). The van der Waals surface area contributed by atoms with E-state index in [0.717, 1.165) is 36.0 Å². The number of rotatable bonds is 5. The summed E-state index contributed by atoms with van der Waals surface area (Å²) in [5.74, 6) is 1.38. The highest BCUT2D eigenvalue weighted by molar-refractivity contribution is 7.11. The van der Waals surface area contributed by atoms with Gasteiger partial charge >= 0.3 is 0 Å². The Balaban J connectivity index is 1.75. The van der Waals surface area contributed by atoms with Crippen LogP contribution in [-0.2, 0) is 13.0 Å². The van der Waals surface area contributed by atoms with Crippen molar-refractivity contribution in [3.8, 4) is 0 Å². The first-order valence-electron chi connectivity index (χ1n) is 5.58. The van der Waals surface area contributed by atoms with E-state index in [2.05, 4.69) is 20.4 Å². The molecule has 6 heteroatoms. The first kappa shape index (κ1) is 12.2. The fraction of sp³-hybridized carbons (Fsp3) is 0.545. The predicted molar refractivity (Wildman–Crippen MR) is 66.0 cm³/mol. The molecule has 0 bridgehead atoms. The van der Waals surface area contributed by atoms with Crippen LogP contribution in [-0.4, -0.2) is 21.7 Å². The molecule has 0 saturated heterocycles. The highest BCUT2D eigenvalue weighted by Gasteiger charge is 2.05. The van der Waals surface area contributed by atoms with E-state index in [1.807, 2.05) is 13.8 Å². The summed E-state index contributed by atoms with van der Waals surface area (Å²) < 4.78 is 4.91. The second kappa shape index (κ2) is 5.37. The molecular weight excluding hydrogens is 236 g/mol. The van der Waals surface area contributed by atoms with Crippen molar-refractivity contribution in [2.75, 3.05) is 6.54 Å². The molecule has 2 heterocycles. The highest BCUT2D eigenvalue weighted by atomic mass is 32.1. The van der Waals surface area contributed by atoms with Gasteiger partial charge in [0.25, 0.3) is 0 Å². The van der Waals surface area contributed by atoms with E-state index in [9.17, 15) is 0 Å². The predicted octanol–water partition coefficient (Wildman–Crippen LogP) is 1.78. The Kier molecular flexibility index (Phi) is 3.86. The van der Waals surface area contributed by atoms with Gasteiger partial charge < -0.3 is 9.84 Å². The van der Waals surface area contributed by atoms with Crippen LogP contribution in [0.2, 0.25) is 0 Å². The van der Waals surface area contributed by atoms with Crippen molar-refractivity contribution < 1.29 is 4.52 Å². The van der Waals surface area contributed by atoms with Crippen molar-refractivity contribution in [1.29, 1.82) is 0 Å². The first-order valence-corrected chi connectivity index (χ1v) is 6.39. The molecule has 0 spiro atoms. The van der Waals surface area contributed by atoms with Crippen molar-refractivity contribution in [2.45, 2.75) is 33.7 Å². The second-order valence-electron chi connectivity index (χ2n) is 3.90. The molecule has 2 aromatic heterocycles. The van der Waals surface area contributed by atoms with Crippen molar-refractivity contribution in [2.24, 2.45) is 0 Å². The summed E-state index contributed by atoms with van der Waals surface area (Å²) in [7, 11) is 0. The van der Waals surface area contributed by atoms with E-state index in [1.165, 1.54) is 4.88 Å². The van der Waals surface area contributed by atoms with Gasteiger partial charge in [0.1, 0.15) is 0 Å². The molecule has 0 aliphatic carbocycles. The van der Waals surface area contributed by atoms with E-state index in [1.54, 1.807) is 18.3 Å². The molecule has 0 aliphatic rings. The Morgan fingerprint density at radius 3 is 2.65 bits per heavy atom. The van der Waals surface area contributed by atoms with Gasteiger partial charge in [0.05, 0.1) is 10.7 Å². The summed E-state index contributed by atoms with van der Waals surface area (Å²) in [6, 6.07) is 0. The third-order valence-corrected chi connectivity index (χ3v) is 3.45. The summed E-state index contributed by atoms with van der Waals surface area (Å²) in [4.78, 5) is 9.84. The van der Waals surface area contributed by atoms with Crippen molar-refractivity contribution in [3.05, 3.63) is 27.3 Å². The van der Waals surface area contributed by atoms with E-state index < -0.39 is 0 Å². The van der Waals surface area contributed by atoms with Gasteiger partial charge in [-0.1, -0.05) is 5.16 Å². The van der Waals surface area contributed by atoms with Gasteiger partial charge in [-0.15, -0.1) is 11.3 Å². The van der Waals surface area contributed by atoms with Crippen LogP contribution >= 0.6 is 11.3 Å². The van der Waals surface area contributed by atoms with Gasteiger partial charge in [-0.05, 0) is 13.8 Å². The molecule has 92 valence electrons. The normalized spacial score (nSPS) is 11.0. The van der Waals surface area contributed by atoms with Gasteiger partial charge in [-0.25, -0.2) is 4.98 Å². The van der Waals surface area contributed by atoms with Crippen molar-refractivity contribution in [3.63, 3.8) is 0 Å². The molecule has 0 atom stereocenters. The van der Waals surface area contributed by atoms with E-state index in [-0.39, 0.29) is 0 Å². The zero-order valence-corrected chi connectivity index (χ0v) is 11.1. The van der Waals surface area contributed by atoms with Crippen LogP contribution in [0.3, 0.4) is 0 Å². The fourth-order valence-corrected chi connectivity index (χ4v) is 2.49. The fourth-order valence-electron chi connectivity index (χ4n) is 1.58. The molecular formula is C11H16N4OS. The lowest BCUT2D eigenvalue weighted by Gasteiger charge is -2.00. The third kappa shape index (κ3) is 3.34. The summed E-state index contributed by atoms with van der Waals surface area (Å²) in [6.07, 6.45) is 0.786. The molecule has 1 N–H and O–H groups in total. The minimum absolute atomic E-state index is 0.619. The minimum Gasteiger partial charge on any atom is -0.340 e. The largest absolute Gasteiger partial charge is 0.340 e. The summed E-state index contributed by atoms with van der Waals surface area (Å²) in [6.45, 7) is 7.57. The van der Waals surface area contributed by atoms with Gasteiger partial charge in [0.15, 0.2) is 5.82 Å². The molecule has 0 aliphatic heterocycles. The average Bonchev–Trinajstić information content (AvgIpc) is 2.81. The van der Waals surface area contributed by atoms with Crippen molar-refractivity contribution in [1.82, 2.24) is 20.4 Å². The summed E-state index contributed by atoms with van der Waals surface area (Å²) >= 11 is 1.74. The lowest BCUT2D eigenvalue weighted by atomic mass is 10.3. The number of nitrogens with zero attached hydrogens (tertiary/aromatic N) is 3. The smallest absolute Gasteiger partial charge is 0.223 e. The molecule has 0 saturated carbocycles. The number of hydrogen-bond acceptors (Lipinski definition) is 6. The molecule has 0 unspecified atom stereocenters. The Morgan fingerprint density at radius 2 is 2.06 bits per heavy atom. The zero-order chi connectivity index (χ0) is 12.3. The number of aryl methyl sites for hydroxylation is 3. The molecule has 0 amide bonds. The Hall–Kier alpha value is -1.27. The van der Waals surface area contributed by atoms with Crippen LogP contribution in [0, 0.1) is 20.8 Å². The quantitative estimate of drug-likeness (QED) is 0.822. The standard InChI is InChI=1S/C11H16N4OS/c1-7-10(17-9(3)13-7)6-12-5-4-11-14-8(2)16-15-11/h12H,4-6H2,1-3H3. The minimum atomic E-state index is 0.619. The van der Waals surface area contributed by atoms with Crippen LogP contribution in [0.5, 0.6) is 0 Å². The second-order valence-corrected chi connectivity index (χ2v) is 5.19. The lowest BCUT2D eigenvalue weighted by molar-refractivity contribution is 0.387. The van der Waals surface area contributed by atoms with E-state index >= 15 is 0 Å². The third-order valence-electron chi connectivity index (χ3n) is 2.38. The lowest BCUT2D eigenvalue weighted by Crippen LogP contribution is -2.17. The Morgan fingerprint density at radius 1 is 1.24 bits per heavy atom. The molecule has 17 heavy (non-hydrogen) atoms. The van der Waals surface area contributed by atoms with Gasteiger partial charge in [-0.2, -0.15) is 4.98 Å². The molecule has 0 fully saturated rings. The van der Waals surface area contributed by atoms with Gasteiger partial charge in [0, 0.05) is 31.3 Å². The number of hydrogen-bond donors (Lipinski definition) is 1.